The van der Waals surface area contributed by atoms with Gasteiger partial charge in [0.15, 0.2) is 0 Å². The van der Waals surface area contributed by atoms with Crippen LogP contribution in [0.5, 0.6) is 0 Å². The molecule has 1 aromatic heterocycles. The van der Waals surface area contributed by atoms with Crippen LogP contribution in [0.1, 0.15) is 32.1 Å². The number of nitrogens with zero attached hydrogens (tertiary/aromatic N) is 4. The van der Waals surface area contributed by atoms with Gasteiger partial charge in [0.1, 0.15) is 12.9 Å². The third-order valence-corrected chi connectivity index (χ3v) is 5.86. The summed E-state index contributed by atoms with van der Waals surface area (Å²) in [6.45, 7) is 4.17. The maximum atomic E-state index is 12.2. The van der Waals surface area contributed by atoms with Crippen LogP contribution in [0.3, 0.4) is 0 Å². The molecule has 0 atom stereocenters. The Balaban J connectivity index is 0.000000318. The lowest BCUT2D eigenvalue weighted by molar-refractivity contribution is -0.192. The molecule has 0 aromatic carbocycles. The molecule has 0 radical (unpaired) electrons. The highest BCUT2D eigenvalue weighted by molar-refractivity contribution is 5.94. The number of hydrogen-bond donors (Lipinski definition) is 1. The van der Waals surface area contributed by atoms with Gasteiger partial charge in [-0.25, -0.2) is 14.8 Å². The largest absolute Gasteiger partial charge is 0.490 e. The molecule has 0 bridgehead atoms. The van der Waals surface area contributed by atoms with Crippen LogP contribution in [0.25, 0.3) is 0 Å². The molecule has 4 rings (SSSR count). The SMILES string of the molecule is O=C(O)C(F)(F)F.O=C1COC2(CCN(CC3CCC3)CC2)CN1c1cncnc1. The van der Waals surface area contributed by atoms with E-state index in [2.05, 4.69) is 14.9 Å². The average Bonchev–Trinajstić information content (AvgIpc) is 2.69. The van der Waals surface area contributed by atoms with E-state index >= 15 is 0 Å². The number of anilines is 1. The summed E-state index contributed by atoms with van der Waals surface area (Å²) in [5.74, 6) is -1.84. The first kappa shape index (κ1) is 22.4. The van der Waals surface area contributed by atoms with E-state index in [1.807, 2.05) is 0 Å². The number of carbonyl (C=O) groups is 2. The van der Waals surface area contributed by atoms with E-state index in [0.29, 0.717) is 6.54 Å². The van der Waals surface area contributed by atoms with E-state index in [9.17, 15) is 18.0 Å². The fraction of sp³-hybridized carbons (Fsp3) is 0.684. The van der Waals surface area contributed by atoms with Gasteiger partial charge in [-0.05, 0) is 31.6 Å². The summed E-state index contributed by atoms with van der Waals surface area (Å²) in [6, 6.07) is 0. The Morgan fingerprint density at radius 1 is 1.23 bits per heavy atom. The highest BCUT2D eigenvalue weighted by Gasteiger charge is 2.43. The summed E-state index contributed by atoms with van der Waals surface area (Å²) in [6.07, 6.45) is 6.01. The molecule has 1 aliphatic carbocycles. The number of alkyl halides is 3. The predicted molar refractivity (Wildman–Crippen MR) is 99.8 cm³/mol. The molecular formula is C19H25F3N4O4. The first-order chi connectivity index (χ1) is 14.2. The van der Waals surface area contributed by atoms with Crippen molar-refractivity contribution in [2.75, 3.05) is 37.7 Å². The Bertz CT molecular complexity index is 735. The Kier molecular flexibility index (Phi) is 6.91. The highest BCUT2D eigenvalue weighted by Crippen LogP contribution is 2.34. The molecule has 1 spiro atoms. The molecule has 1 aromatic rings. The number of ether oxygens (including phenoxy) is 1. The van der Waals surface area contributed by atoms with Gasteiger partial charge in [-0.15, -0.1) is 0 Å². The zero-order valence-corrected chi connectivity index (χ0v) is 16.5. The summed E-state index contributed by atoms with van der Waals surface area (Å²) in [4.78, 5) is 33.5. The minimum absolute atomic E-state index is 0.00215. The van der Waals surface area contributed by atoms with Crippen molar-refractivity contribution in [1.29, 1.82) is 0 Å². The average molecular weight is 430 g/mol. The van der Waals surface area contributed by atoms with E-state index in [4.69, 9.17) is 14.6 Å². The lowest BCUT2D eigenvalue weighted by Crippen LogP contribution is -2.59. The van der Waals surface area contributed by atoms with Gasteiger partial charge in [-0.2, -0.15) is 13.2 Å². The number of amides is 1. The molecule has 3 fully saturated rings. The molecule has 11 heteroatoms. The quantitative estimate of drug-likeness (QED) is 0.785. The van der Waals surface area contributed by atoms with Gasteiger partial charge in [0.25, 0.3) is 5.91 Å². The van der Waals surface area contributed by atoms with E-state index in [1.54, 1.807) is 17.3 Å². The Morgan fingerprint density at radius 3 is 2.33 bits per heavy atom. The number of likely N-dealkylation sites (tertiary alicyclic amines) is 1. The van der Waals surface area contributed by atoms with Crippen LogP contribution in [0, 0.1) is 5.92 Å². The summed E-state index contributed by atoms with van der Waals surface area (Å²) in [7, 11) is 0. The smallest absolute Gasteiger partial charge is 0.475 e. The first-order valence-electron chi connectivity index (χ1n) is 9.90. The topological polar surface area (TPSA) is 95.9 Å². The molecule has 2 saturated heterocycles. The van der Waals surface area contributed by atoms with Crippen molar-refractivity contribution in [3.63, 3.8) is 0 Å². The van der Waals surface area contributed by atoms with E-state index in [0.717, 1.165) is 37.5 Å². The fourth-order valence-electron chi connectivity index (χ4n) is 3.87. The van der Waals surface area contributed by atoms with Gasteiger partial charge >= 0.3 is 12.1 Å². The maximum Gasteiger partial charge on any atom is 0.490 e. The molecule has 8 nitrogen and oxygen atoms in total. The summed E-state index contributed by atoms with van der Waals surface area (Å²) < 4.78 is 37.7. The van der Waals surface area contributed by atoms with E-state index in [1.165, 1.54) is 32.1 Å². The second-order valence-electron chi connectivity index (χ2n) is 7.95. The van der Waals surface area contributed by atoms with Gasteiger partial charge in [0, 0.05) is 19.6 Å². The van der Waals surface area contributed by atoms with Crippen molar-refractivity contribution in [2.45, 2.75) is 43.9 Å². The molecule has 0 unspecified atom stereocenters. The minimum atomic E-state index is -5.08. The number of carbonyl (C=O) groups excluding carboxylic acids is 1. The van der Waals surface area contributed by atoms with E-state index < -0.39 is 12.1 Å². The van der Waals surface area contributed by atoms with Crippen LogP contribution in [-0.4, -0.2) is 76.4 Å². The Morgan fingerprint density at radius 2 is 1.83 bits per heavy atom. The number of aromatic nitrogens is 2. The van der Waals surface area contributed by atoms with Crippen LogP contribution in [0.15, 0.2) is 18.7 Å². The van der Waals surface area contributed by atoms with Crippen LogP contribution in [0.4, 0.5) is 18.9 Å². The van der Waals surface area contributed by atoms with Gasteiger partial charge in [-0.3, -0.25) is 4.79 Å². The van der Waals surface area contributed by atoms with Crippen LogP contribution in [0.2, 0.25) is 0 Å². The maximum absolute atomic E-state index is 12.2. The number of halogens is 3. The molecule has 166 valence electrons. The van der Waals surface area contributed by atoms with Gasteiger partial charge in [0.05, 0.1) is 30.2 Å². The summed E-state index contributed by atoms with van der Waals surface area (Å²) in [5.41, 5.74) is 0.580. The number of aliphatic carboxylic acids is 1. The molecular weight excluding hydrogens is 405 g/mol. The second kappa shape index (κ2) is 9.25. The highest BCUT2D eigenvalue weighted by atomic mass is 19.4. The molecule has 1 amide bonds. The number of carboxylic acid groups (broad SMARTS) is 1. The first-order valence-corrected chi connectivity index (χ1v) is 9.90. The number of hydrogen-bond acceptors (Lipinski definition) is 6. The van der Waals surface area contributed by atoms with Crippen molar-refractivity contribution in [1.82, 2.24) is 14.9 Å². The normalized spacial score (nSPS) is 22.2. The predicted octanol–water partition coefficient (Wildman–Crippen LogP) is 2.11. The van der Waals surface area contributed by atoms with Gasteiger partial charge in [-0.1, -0.05) is 6.42 Å². The van der Waals surface area contributed by atoms with Crippen molar-refractivity contribution in [2.24, 2.45) is 5.92 Å². The van der Waals surface area contributed by atoms with Gasteiger partial charge < -0.3 is 19.6 Å². The van der Waals surface area contributed by atoms with Crippen LogP contribution < -0.4 is 4.90 Å². The van der Waals surface area contributed by atoms with Crippen molar-refractivity contribution in [3.05, 3.63) is 18.7 Å². The zero-order valence-electron chi connectivity index (χ0n) is 16.5. The number of rotatable bonds is 3. The molecule has 1 saturated carbocycles. The Labute approximate surface area is 172 Å². The lowest BCUT2D eigenvalue weighted by Gasteiger charge is -2.47. The number of morpholine rings is 1. The van der Waals surface area contributed by atoms with Crippen molar-refractivity contribution < 1.29 is 32.6 Å². The van der Waals surface area contributed by atoms with Crippen molar-refractivity contribution >= 4 is 17.6 Å². The van der Waals surface area contributed by atoms with E-state index in [-0.39, 0.29) is 18.1 Å². The van der Waals surface area contributed by atoms with Crippen LogP contribution in [-0.2, 0) is 14.3 Å². The van der Waals surface area contributed by atoms with Crippen LogP contribution >= 0.6 is 0 Å². The summed E-state index contributed by atoms with van der Waals surface area (Å²) in [5, 5.41) is 7.12. The van der Waals surface area contributed by atoms with Crippen molar-refractivity contribution in [3.8, 4) is 0 Å². The monoisotopic (exact) mass is 430 g/mol. The fourth-order valence-corrected chi connectivity index (χ4v) is 3.87. The Hall–Kier alpha value is -2.27. The number of piperidine rings is 1. The molecule has 30 heavy (non-hydrogen) atoms. The summed E-state index contributed by atoms with van der Waals surface area (Å²) >= 11 is 0. The third kappa shape index (κ3) is 5.66. The minimum Gasteiger partial charge on any atom is -0.475 e. The van der Waals surface area contributed by atoms with Gasteiger partial charge in [0.2, 0.25) is 0 Å². The lowest BCUT2D eigenvalue weighted by atomic mass is 9.83. The standard InChI is InChI=1S/C17H24N4O2.C2HF3O2/c22-16-11-23-17(12-21(16)15-8-18-13-19-9-15)4-6-20(7-5-17)10-14-2-1-3-14;3-2(4,5)1(6)7/h8-9,13-14H,1-7,10-12H2;(H,6,7). The molecule has 1 N–H and O–H groups in total. The zero-order chi connectivity index (χ0) is 21.8. The molecule has 3 heterocycles. The second-order valence-corrected chi connectivity index (χ2v) is 7.95. The third-order valence-electron chi connectivity index (χ3n) is 5.86. The molecule has 2 aliphatic heterocycles. The number of carboxylic acids is 1. The molecule has 3 aliphatic rings.